The van der Waals surface area contributed by atoms with Crippen molar-refractivity contribution in [2.45, 2.75) is 195 Å². The first-order valence-corrected chi connectivity index (χ1v) is 32.0. The van der Waals surface area contributed by atoms with Gasteiger partial charge in [0.15, 0.2) is 11.6 Å². The van der Waals surface area contributed by atoms with E-state index in [1.54, 1.807) is 73.9 Å². The zero-order valence-corrected chi connectivity index (χ0v) is 55.9. The van der Waals surface area contributed by atoms with Crippen LogP contribution >= 0.6 is 0 Å². The fraction of sp³-hybridized carbons (Fsp3) is 0.754. The highest BCUT2D eigenvalue weighted by atomic mass is 16.5. The molecule has 1 aromatic carbocycles. The van der Waals surface area contributed by atoms with Crippen molar-refractivity contribution in [1.82, 2.24) is 35.6 Å². The Balaban J connectivity index is 1.72. The van der Waals surface area contributed by atoms with Gasteiger partial charge in [-0.15, -0.1) is 0 Å². The molecule has 89 heavy (non-hydrogen) atoms. The number of benzene rings is 1. The van der Waals surface area contributed by atoms with Crippen LogP contribution in [0.15, 0.2) is 29.4 Å². The third-order valence-electron chi connectivity index (χ3n) is 18.2. The monoisotopic (exact) mass is 1250 g/mol. The number of likely N-dealkylation sites (N-methyl/N-ethyl adjacent to an activating group) is 2. The van der Waals surface area contributed by atoms with Gasteiger partial charge in [-0.3, -0.25) is 48.1 Å². The number of primary amides is 1. The number of nitrogens with zero attached hydrogens (tertiary/aromatic N) is 7. The van der Waals surface area contributed by atoms with Gasteiger partial charge in [-0.05, 0) is 99.4 Å². The normalized spacial score (nSPS) is 17.9. The lowest BCUT2D eigenvalue weighted by molar-refractivity contribution is -0.149. The molecule has 2 saturated heterocycles. The van der Waals surface area contributed by atoms with Crippen LogP contribution < -0.4 is 21.7 Å². The minimum atomic E-state index is -0.981. The predicted molar refractivity (Wildman–Crippen MR) is 338 cm³/mol. The number of hydrogen-bond donors (Lipinski definition) is 4. The molecule has 2 fully saturated rings. The summed E-state index contributed by atoms with van der Waals surface area (Å²) in [4.78, 5) is 145. The van der Waals surface area contributed by atoms with Crippen molar-refractivity contribution >= 4 is 58.9 Å². The quantitative estimate of drug-likeness (QED) is 0.0187. The maximum Gasteiger partial charge on any atom is 0.312 e. The number of methoxy groups -OCH3 is 3. The molecule has 1 unspecified atom stereocenters. The number of piperidine rings is 1. The summed E-state index contributed by atoms with van der Waals surface area (Å²) in [5.74, 6) is -5.15. The lowest BCUT2D eigenvalue weighted by Gasteiger charge is -2.41. The summed E-state index contributed by atoms with van der Waals surface area (Å²) >= 11 is 0. The van der Waals surface area contributed by atoms with Crippen LogP contribution in [-0.2, 0) is 70.2 Å². The molecule has 7 amide bonds. The second-order valence-corrected chi connectivity index (χ2v) is 25.8. The summed E-state index contributed by atoms with van der Waals surface area (Å²) in [6.07, 6.45) is 1.96. The van der Waals surface area contributed by atoms with Crippen LogP contribution in [0.25, 0.3) is 10.4 Å². The van der Waals surface area contributed by atoms with Crippen molar-refractivity contribution in [3.63, 3.8) is 0 Å². The van der Waals surface area contributed by atoms with E-state index >= 15 is 0 Å². The molecular weight excluding hydrogens is 1140 g/mol. The van der Waals surface area contributed by atoms with E-state index in [2.05, 4.69) is 26.0 Å². The van der Waals surface area contributed by atoms with Gasteiger partial charge in [0.25, 0.3) is 0 Å². The molecule has 24 nitrogen and oxygen atoms in total. The molecule has 3 rings (SSSR count). The van der Waals surface area contributed by atoms with Gasteiger partial charge in [0.05, 0.1) is 61.7 Å². The molecule has 0 saturated carbocycles. The molecule has 2 heterocycles. The van der Waals surface area contributed by atoms with Crippen LogP contribution in [0.2, 0.25) is 0 Å². The lowest BCUT2D eigenvalue weighted by Crippen LogP contribution is -2.54. The molecule has 0 radical (unpaired) electrons. The number of amides is 7. The summed E-state index contributed by atoms with van der Waals surface area (Å²) < 4.78 is 17.0. The van der Waals surface area contributed by atoms with E-state index in [0.29, 0.717) is 63.7 Å². The summed E-state index contributed by atoms with van der Waals surface area (Å²) in [5.41, 5.74) is 16.0. The van der Waals surface area contributed by atoms with Crippen LogP contribution in [0.1, 0.15) is 150 Å². The van der Waals surface area contributed by atoms with Crippen molar-refractivity contribution in [1.29, 1.82) is 0 Å². The summed E-state index contributed by atoms with van der Waals surface area (Å²) in [5, 5.41) is 12.2. The first-order chi connectivity index (χ1) is 42.0. The Morgan fingerprint density at radius 1 is 0.753 bits per heavy atom. The van der Waals surface area contributed by atoms with Crippen LogP contribution in [0.3, 0.4) is 0 Å². The number of esters is 1. The fourth-order valence-electron chi connectivity index (χ4n) is 12.8. The van der Waals surface area contributed by atoms with Gasteiger partial charge >= 0.3 is 12.0 Å². The number of hydrogen-bond acceptors (Lipinski definition) is 15. The highest BCUT2D eigenvalue weighted by Crippen LogP contribution is 2.32. The maximum atomic E-state index is 14.6. The van der Waals surface area contributed by atoms with Gasteiger partial charge in [-0.1, -0.05) is 98.1 Å². The standard InChI is InChI=1S/C65H107N11O13/c1-16-42(8)59(74(12)63(84)50(40(4)5)36-54(79)58(41(6)7)73(10)11)55(87-13)37-57(81)76-30-18-20-52(76)60(88-14)43(9)61(82)70-47(38-69-72-67)33-44-21-23-45(24-22-44)34-53(78)51(19-17-29-68-65(66)86)71-62(83)49(39(2)3)35-48(77)25-26-56(80)75-31-27-46(28-32-75)64(85)89-15/h21-24,39-43,46-47,49-52,55,58-60H,16-20,25-38H2,1-15H3,(H,70,82)(H,71,83)(H3,66,68,86)/t42-,43+,47-,49-,50-,51-,52-,55+,58-,59?,60+/m0/s1. The Morgan fingerprint density at radius 2 is 1.38 bits per heavy atom. The topological polar surface area (TPSA) is 322 Å². The largest absolute Gasteiger partial charge is 0.469 e. The minimum Gasteiger partial charge on any atom is -0.469 e. The summed E-state index contributed by atoms with van der Waals surface area (Å²) in [6.45, 7) is 18.6. The molecule has 1 aromatic rings. The first-order valence-electron chi connectivity index (χ1n) is 32.0. The van der Waals surface area contributed by atoms with E-state index in [9.17, 15) is 53.5 Å². The number of nitrogens with two attached hydrogens (primary N) is 1. The smallest absolute Gasteiger partial charge is 0.312 e. The van der Waals surface area contributed by atoms with Gasteiger partial charge in [-0.2, -0.15) is 0 Å². The zero-order valence-electron chi connectivity index (χ0n) is 55.9. The van der Waals surface area contributed by atoms with Crippen LogP contribution in [-0.4, -0.2) is 196 Å². The van der Waals surface area contributed by atoms with Gasteiger partial charge < -0.3 is 50.6 Å². The molecule has 0 aromatic heterocycles. The van der Waals surface area contributed by atoms with Crippen molar-refractivity contribution in [3.8, 4) is 0 Å². The van der Waals surface area contributed by atoms with E-state index in [1.165, 1.54) is 14.2 Å². The van der Waals surface area contributed by atoms with Crippen molar-refractivity contribution in [2.24, 2.45) is 58.2 Å². The fourth-order valence-corrected chi connectivity index (χ4v) is 12.8. The Labute approximate surface area is 528 Å². The first kappa shape index (κ1) is 76.8. The molecule has 24 heteroatoms. The van der Waals surface area contributed by atoms with Crippen molar-refractivity contribution in [3.05, 3.63) is 45.8 Å². The van der Waals surface area contributed by atoms with E-state index in [-0.39, 0.29) is 147 Å². The number of Topliss-reactive ketones (excluding diaryl/α,β-unsaturated/α-hetero) is 3. The number of rotatable bonds is 39. The van der Waals surface area contributed by atoms with E-state index < -0.39 is 66.1 Å². The third-order valence-corrected chi connectivity index (χ3v) is 18.2. The van der Waals surface area contributed by atoms with E-state index in [0.717, 1.165) is 5.56 Å². The second kappa shape index (κ2) is 38.3. The molecule has 2 aliphatic heterocycles. The summed E-state index contributed by atoms with van der Waals surface area (Å²) in [7, 11) is 9.87. The van der Waals surface area contributed by atoms with Gasteiger partial charge in [0.1, 0.15) is 5.78 Å². The summed E-state index contributed by atoms with van der Waals surface area (Å²) in [6, 6.07) is 3.45. The zero-order chi connectivity index (χ0) is 66.8. The Bertz CT molecular complexity index is 2540. The van der Waals surface area contributed by atoms with Crippen molar-refractivity contribution in [2.75, 3.05) is 75.2 Å². The average Bonchev–Trinajstić information content (AvgIpc) is 2.15. The number of carbonyl (C=O) groups excluding carboxylic acids is 10. The number of carbonyl (C=O) groups is 10. The molecule has 0 aliphatic carbocycles. The van der Waals surface area contributed by atoms with Gasteiger partial charge in [0.2, 0.25) is 29.5 Å². The molecule has 500 valence electrons. The number of likely N-dealkylation sites (tertiary alicyclic amines) is 2. The predicted octanol–water partition coefficient (Wildman–Crippen LogP) is 6.23. The molecule has 5 N–H and O–H groups in total. The number of azide groups is 1. The highest BCUT2D eigenvalue weighted by molar-refractivity contribution is 5.94. The molecule has 0 spiro atoms. The number of urea groups is 1. The number of ketones is 3. The Hall–Kier alpha value is -6.49. The van der Waals surface area contributed by atoms with E-state index in [4.69, 9.17) is 19.9 Å². The van der Waals surface area contributed by atoms with Gasteiger partial charge in [0, 0.05) is 109 Å². The van der Waals surface area contributed by atoms with Gasteiger partial charge in [-0.25, -0.2) is 4.79 Å². The third kappa shape index (κ3) is 23.7. The molecular formula is C65H107N11O13. The minimum absolute atomic E-state index is 0.00832. The second-order valence-electron chi connectivity index (χ2n) is 25.8. The number of ether oxygens (including phenoxy) is 3. The Morgan fingerprint density at radius 3 is 1.92 bits per heavy atom. The van der Waals surface area contributed by atoms with Crippen molar-refractivity contribution < 1.29 is 62.2 Å². The van der Waals surface area contributed by atoms with Crippen LogP contribution in [0, 0.1) is 47.3 Å². The SMILES string of the molecule is CC[C@H](C)C([C@@H](CC(=O)N1CCC[C@H]1[C@H](OC)[C@@H](C)C(=O)N[C@H](CN=[N+]=[N-])Cc1ccc(CC(=O)[C@H](CCCNC(N)=O)NC(=O)[C@@H](CC(=O)CCC(=O)N2CCC(C(=O)OC)CC2)C(C)C)cc1)OC)N(C)C(=O)[C@@H](CC(=O)[C@H](C(C)C)N(C)C)C(C)C. The molecule has 2 aliphatic rings. The van der Waals surface area contributed by atoms with E-state index in [1.807, 2.05) is 60.5 Å². The Kier molecular flexibility index (Phi) is 33.0. The number of nitrogens with one attached hydrogen (secondary N) is 3. The maximum absolute atomic E-state index is 14.6. The van der Waals surface area contributed by atoms with Crippen LogP contribution in [0.4, 0.5) is 4.79 Å². The average molecular weight is 1250 g/mol. The molecule has 0 bridgehead atoms. The molecule has 11 atom stereocenters. The highest BCUT2D eigenvalue weighted by Gasteiger charge is 2.44. The van der Waals surface area contributed by atoms with Crippen LogP contribution in [0.5, 0.6) is 0 Å². The lowest BCUT2D eigenvalue weighted by atomic mass is 9.83.